The van der Waals surface area contributed by atoms with E-state index in [1.54, 1.807) is 18.3 Å². The number of rotatable bonds is 3. The summed E-state index contributed by atoms with van der Waals surface area (Å²) >= 11 is 0. The van der Waals surface area contributed by atoms with E-state index in [1.165, 1.54) is 0 Å². The largest absolute Gasteiger partial charge is 0.363 e. The Balaban J connectivity index is 2.92. The normalized spacial score (nSPS) is 10.7. The van der Waals surface area contributed by atoms with Crippen LogP contribution < -0.4 is 11.1 Å². The second-order valence-corrected chi connectivity index (χ2v) is 3.72. The number of nitrogens with one attached hydrogen (secondary N) is 1. The highest BCUT2D eigenvalue weighted by molar-refractivity contribution is 5.52. The number of hydrogen-bond donors (Lipinski definition) is 2. The first-order valence-corrected chi connectivity index (χ1v) is 4.42. The Kier molecular flexibility index (Phi) is 3.05. The third-order valence-electron chi connectivity index (χ3n) is 1.90. The maximum atomic E-state index is 8.83. The highest BCUT2D eigenvalue weighted by Crippen LogP contribution is 2.15. The fraction of sp³-hybridized carbons (Fsp3) is 0.400. The van der Waals surface area contributed by atoms with Gasteiger partial charge >= 0.3 is 0 Å². The van der Waals surface area contributed by atoms with Crippen LogP contribution in [0.4, 0.5) is 5.82 Å². The van der Waals surface area contributed by atoms with Gasteiger partial charge in [-0.25, -0.2) is 4.98 Å². The van der Waals surface area contributed by atoms with Crippen LogP contribution in [0.5, 0.6) is 0 Å². The third kappa shape index (κ3) is 2.44. The summed E-state index contributed by atoms with van der Waals surface area (Å²) in [4.78, 5) is 4.09. The minimum absolute atomic E-state index is 0.250. The Bertz CT molecular complexity index is 351. The lowest BCUT2D eigenvalue weighted by molar-refractivity contribution is 0.577. The predicted molar refractivity (Wildman–Crippen MR) is 55.7 cm³/mol. The third-order valence-corrected chi connectivity index (χ3v) is 1.90. The zero-order valence-corrected chi connectivity index (χ0v) is 8.41. The number of nitrogens with two attached hydrogens (primary N) is 1. The summed E-state index contributed by atoms with van der Waals surface area (Å²) in [6.45, 7) is 4.40. The molecule has 14 heavy (non-hydrogen) atoms. The first-order valence-electron chi connectivity index (χ1n) is 4.42. The minimum Gasteiger partial charge on any atom is -0.363 e. The van der Waals surface area contributed by atoms with Gasteiger partial charge in [-0.2, -0.15) is 5.26 Å². The second kappa shape index (κ2) is 4.07. The summed E-state index contributed by atoms with van der Waals surface area (Å²) in [5, 5.41) is 12.0. The molecule has 0 aliphatic carbocycles. The van der Waals surface area contributed by atoms with Crippen molar-refractivity contribution in [1.82, 2.24) is 4.98 Å². The molecule has 0 aromatic carbocycles. The van der Waals surface area contributed by atoms with E-state index in [1.807, 2.05) is 13.8 Å². The molecule has 1 heterocycles. The van der Waals surface area contributed by atoms with Crippen molar-refractivity contribution in [3.05, 3.63) is 23.9 Å². The fourth-order valence-electron chi connectivity index (χ4n) is 0.967. The van der Waals surface area contributed by atoms with Gasteiger partial charge in [-0.1, -0.05) is 0 Å². The molecule has 0 unspecified atom stereocenters. The van der Waals surface area contributed by atoms with Gasteiger partial charge in [0.1, 0.15) is 11.9 Å². The van der Waals surface area contributed by atoms with Gasteiger partial charge in [0.25, 0.3) is 0 Å². The molecule has 1 aromatic heterocycles. The second-order valence-electron chi connectivity index (χ2n) is 3.72. The number of anilines is 1. The number of nitriles is 1. The van der Waals surface area contributed by atoms with Crippen molar-refractivity contribution in [3.8, 4) is 6.07 Å². The molecule has 74 valence electrons. The van der Waals surface area contributed by atoms with Crippen molar-refractivity contribution in [2.75, 3.05) is 11.9 Å². The molecule has 0 radical (unpaired) electrons. The van der Waals surface area contributed by atoms with Crippen molar-refractivity contribution in [2.45, 2.75) is 19.4 Å². The molecule has 4 heteroatoms. The Labute approximate surface area is 83.8 Å². The zero-order chi connectivity index (χ0) is 10.6. The standard InChI is InChI=1S/C10H14N4/c1-10(2,7-12)14-9-8(6-11)4-3-5-13-9/h3-5H,7,12H2,1-2H3,(H,13,14). The number of aromatic nitrogens is 1. The van der Waals surface area contributed by atoms with Gasteiger partial charge in [-0.15, -0.1) is 0 Å². The first kappa shape index (κ1) is 10.5. The molecule has 0 spiro atoms. The van der Waals surface area contributed by atoms with Crippen LogP contribution >= 0.6 is 0 Å². The monoisotopic (exact) mass is 190 g/mol. The highest BCUT2D eigenvalue weighted by Gasteiger charge is 2.16. The number of nitrogens with zero attached hydrogens (tertiary/aromatic N) is 2. The van der Waals surface area contributed by atoms with Gasteiger partial charge in [0.2, 0.25) is 0 Å². The molecule has 0 atom stereocenters. The van der Waals surface area contributed by atoms with E-state index in [0.717, 1.165) is 0 Å². The molecule has 0 aliphatic rings. The summed E-state index contributed by atoms with van der Waals surface area (Å²) in [7, 11) is 0. The predicted octanol–water partition coefficient (Wildman–Crippen LogP) is 1.10. The van der Waals surface area contributed by atoms with Crippen molar-refractivity contribution in [1.29, 1.82) is 5.26 Å². The average molecular weight is 190 g/mol. The number of hydrogen-bond acceptors (Lipinski definition) is 4. The van der Waals surface area contributed by atoms with E-state index in [2.05, 4.69) is 16.4 Å². The summed E-state index contributed by atoms with van der Waals surface area (Å²) < 4.78 is 0. The molecule has 1 aromatic rings. The van der Waals surface area contributed by atoms with Gasteiger partial charge < -0.3 is 11.1 Å². The molecule has 0 bridgehead atoms. The first-order chi connectivity index (χ1) is 6.59. The molecule has 0 aliphatic heterocycles. The van der Waals surface area contributed by atoms with Crippen LogP contribution in [-0.4, -0.2) is 17.1 Å². The molecule has 4 nitrogen and oxygen atoms in total. The Hall–Kier alpha value is -1.60. The van der Waals surface area contributed by atoms with Crippen LogP contribution in [0.25, 0.3) is 0 Å². The van der Waals surface area contributed by atoms with Crippen LogP contribution in [0.15, 0.2) is 18.3 Å². The average Bonchev–Trinajstić information content (AvgIpc) is 2.18. The maximum absolute atomic E-state index is 8.83. The zero-order valence-electron chi connectivity index (χ0n) is 8.41. The summed E-state index contributed by atoms with van der Waals surface area (Å²) in [6.07, 6.45) is 1.65. The lowest BCUT2D eigenvalue weighted by Gasteiger charge is -2.25. The smallest absolute Gasteiger partial charge is 0.144 e. The van der Waals surface area contributed by atoms with Gasteiger partial charge in [0.15, 0.2) is 0 Å². The Morgan fingerprint density at radius 1 is 1.64 bits per heavy atom. The molecule has 0 saturated heterocycles. The quantitative estimate of drug-likeness (QED) is 0.748. The van der Waals surface area contributed by atoms with E-state index < -0.39 is 0 Å². The van der Waals surface area contributed by atoms with Gasteiger partial charge in [-0.3, -0.25) is 0 Å². The van der Waals surface area contributed by atoms with E-state index in [9.17, 15) is 0 Å². The summed E-state index contributed by atoms with van der Waals surface area (Å²) in [5.41, 5.74) is 5.86. The highest BCUT2D eigenvalue weighted by atomic mass is 15.1. The van der Waals surface area contributed by atoms with Crippen LogP contribution in [0, 0.1) is 11.3 Å². The van der Waals surface area contributed by atoms with Crippen LogP contribution in [0.3, 0.4) is 0 Å². The Morgan fingerprint density at radius 3 is 2.93 bits per heavy atom. The number of pyridine rings is 1. The molecular formula is C10H14N4. The van der Waals surface area contributed by atoms with Crippen LogP contribution in [0.1, 0.15) is 19.4 Å². The minimum atomic E-state index is -0.250. The molecule has 3 N–H and O–H groups in total. The molecular weight excluding hydrogens is 176 g/mol. The molecule has 0 saturated carbocycles. The molecule has 0 amide bonds. The summed E-state index contributed by atoms with van der Waals surface area (Å²) in [6, 6.07) is 5.54. The van der Waals surface area contributed by atoms with Gasteiger partial charge in [0, 0.05) is 18.3 Å². The van der Waals surface area contributed by atoms with Crippen LogP contribution in [-0.2, 0) is 0 Å². The van der Waals surface area contributed by atoms with E-state index in [4.69, 9.17) is 11.0 Å². The van der Waals surface area contributed by atoms with Gasteiger partial charge in [0.05, 0.1) is 5.56 Å². The van der Waals surface area contributed by atoms with E-state index in [0.29, 0.717) is 17.9 Å². The molecule has 1 rings (SSSR count). The van der Waals surface area contributed by atoms with Crippen molar-refractivity contribution < 1.29 is 0 Å². The maximum Gasteiger partial charge on any atom is 0.144 e. The molecule has 0 fully saturated rings. The summed E-state index contributed by atoms with van der Waals surface area (Å²) in [5.74, 6) is 0.588. The lowest BCUT2D eigenvalue weighted by Crippen LogP contribution is -2.39. The van der Waals surface area contributed by atoms with Crippen molar-refractivity contribution >= 4 is 5.82 Å². The van der Waals surface area contributed by atoms with E-state index >= 15 is 0 Å². The van der Waals surface area contributed by atoms with E-state index in [-0.39, 0.29) is 5.54 Å². The fourth-order valence-corrected chi connectivity index (χ4v) is 0.967. The van der Waals surface area contributed by atoms with Gasteiger partial charge in [-0.05, 0) is 26.0 Å². The van der Waals surface area contributed by atoms with Crippen molar-refractivity contribution in [3.63, 3.8) is 0 Å². The van der Waals surface area contributed by atoms with Crippen LogP contribution in [0.2, 0.25) is 0 Å². The Morgan fingerprint density at radius 2 is 2.36 bits per heavy atom. The SMILES string of the molecule is CC(C)(CN)Nc1ncccc1C#N. The topological polar surface area (TPSA) is 74.7 Å². The lowest BCUT2D eigenvalue weighted by atomic mass is 10.1. The van der Waals surface area contributed by atoms with Crippen molar-refractivity contribution in [2.24, 2.45) is 5.73 Å².